The van der Waals surface area contributed by atoms with Gasteiger partial charge in [-0.15, -0.1) is 0 Å². The van der Waals surface area contributed by atoms with Gasteiger partial charge in [0.05, 0.1) is 15.9 Å². The normalized spacial score (nSPS) is 10.8. The molecule has 27 heavy (non-hydrogen) atoms. The summed E-state index contributed by atoms with van der Waals surface area (Å²) in [5, 5.41) is 22.4. The predicted octanol–water partition coefficient (Wildman–Crippen LogP) is 3.74. The number of nitro groups is 1. The molecule has 0 bridgehead atoms. The minimum atomic E-state index is -0.582. The van der Waals surface area contributed by atoms with Gasteiger partial charge >= 0.3 is 5.69 Å². The average Bonchev–Trinajstić information content (AvgIpc) is 3.17. The maximum atomic E-state index is 12.1. The predicted molar refractivity (Wildman–Crippen MR) is 103 cm³/mol. The van der Waals surface area contributed by atoms with E-state index in [2.05, 4.69) is 31.4 Å². The van der Waals surface area contributed by atoms with Gasteiger partial charge in [-0.2, -0.15) is 10.2 Å². The summed E-state index contributed by atoms with van der Waals surface area (Å²) in [6, 6.07) is 5.17. The Morgan fingerprint density at radius 2 is 2.07 bits per heavy atom. The Labute approximate surface area is 171 Å². The molecule has 1 amide bonds. The Balaban J connectivity index is 1.66. The van der Waals surface area contributed by atoms with Crippen LogP contribution in [0, 0.1) is 10.1 Å². The highest BCUT2D eigenvalue weighted by atomic mass is 79.9. The third-order valence-electron chi connectivity index (χ3n) is 3.46. The van der Waals surface area contributed by atoms with E-state index in [-0.39, 0.29) is 12.2 Å². The zero-order chi connectivity index (χ0) is 19.6. The monoisotopic (exact) mass is 472 g/mol. The summed E-state index contributed by atoms with van der Waals surface area (Å²) in [6.45, 7) is 0.200. The van der Waals surface area contributed by atoms with Crippen LogP contribution in [0.5, 0.6) is 0 Å². The number of hydrogen-bond donors (Lipinski definition) is 1. The van der Waals surface area contributed by atoms with Crippen molar-refractivity contribution in [1.82, 2.24) is 19.6 Å². The van der Waals surface area contributed by atoms with Crippen molar-refractivity contribution in [3.63, 3.8) is 0 Å². The molecule has 9 nitrogen and oxygen atoms in total. The number of anilines is 1. The van der Waals surface area contributed by atoms with Gasteiger partial charge in [-0.1, -0.05) is 29.3 Å². The molecule has 0 saturated heterocycles. The highest BCUT2D eigenvalue weighted by molar-refractivity contribution is 9.10. The molecule has 3 rings (SSSR count). The molecule has 0 aliphatic heterocycles. The van der Waals surface area contributed by atoms with Crippen molar-refractivity contribution >= 4 is 56.5 Å². The average molecular weight is 474 g/mol. The highest BCUT2D eigenvalue weighted by Gasteiger charge is 2.14. The lowest BCUT2D eigenvalue weighted by molar-refractivity contribution is -0.385. The summed E-state index contributed by atoms with van der Waals surface area (Å²) in [5.41, 5.74) is 0.630. The number of halogens is 3. The lowest BCUT2D eigenvalue weighted by atomic mass is 10.2. The van der Waals surface area contributed by atoms with Gasteiger partial charge in [-0.3, -0.25) is 24.3 Å². The molecule has 0 aliphatic carbocycles. The van der Waals surface area contributed by atoms with Crippen molar-refractivity contribution in [2.45, 2.75) is 13.1 Å². The van der Waals surface area contributed by atoms with E-state index in [4.69, 9.17) is 23.2 Å². The summed E-state index contributed by atoms with van der Waals surface area (Å²) in [5.74, 6) is -0.116. The van der Waals surface area contributed by atoms with E-state index in [1.54, 1.807) is 29.1 Å². The molecule has 12 heteroatoms. The fraction of sp³-hybridized carbons (Fsp3) is 0.133. The molecule has 0 saturated carbocycles. The van der Waals surface area contributed by atoms with Crippen LogP contribution in [0.15, 0.2) is 41.3 Å². The molecule has 0 spiro atoms. The number of rotatable bonds is 6. The molecular formula is C15H11BrCl2N6O3. The van der Waals surface area contributed by atoms with E-state index in [1.165, 1.54) is 10.9 Å². The van der Waals surface area contributed by atoms with E-state index in [1.807, 2.05) is 0 Å². The van der Waals surface area contributed by atoms with Gasteiger partial charge in [0.25, 0.3) is 0 Å². The van der Waals surface area contributed by atoms with Crippen molar-refractivity contribution in [3.8, 4) is 0 Å². The zero-order valence-electron chi connectivity index (χ0n) is 13.5. The maximum absolute atomic E-state index is 12.1. The first-order valence-electron chi connectivity index (χ1n) is 7.45. The second-order valence-electron chi connectivity index (χ2n) is 5.46. The molecule has 2 heterocycles. The van der Waals surface area contributed by atoms with Gasteiger partial charge in [-0.05, 0) is 33.6 Å². The first-order chi connectivity index (χ1) is 12.8. The third kappa shape index (κ3) is 4.85. The Morgan fingerprint density at radius 1 is 1.30 bits per heavy atom. The Bertz CT molecular complexity index is 1020. The minimum Gasteiger partial charge on any atom is -0.307 e. The Hall–Kier alpha value is -2.43. The van der Waals surface area contributed by atoms with Crippen LogP contribution in [0.4, 0.5) is 11.5 Å². The SMILES string of the molecule is O=C(Cn1cc([N+](=O)[O-])cn1)Nc1nn(Cc2ccc(Cl)cc2Cl)cc1Br. The Kier molecular flexibility index (Phi) is 5.78. The number of carbonyl (C=O) groups is 1. The van der Waals surface area contributed by atoms with E-state index in [9.17, 15) is 14.9 Å². The zero-order valence-corrected chi connectivity index (χ0v) is 16.6. The largest absolute Gasteiger partial charge is 0.307 e. The first kappa shape index (κ1) is 19.3. The van der Waals surface area contributed by atoms with Gasteiger partial charge < -0.3 is 5.32 Å². The summed E-state index contributed by atoms with van der Waals surface area (Å²) in [6.07, 6.45) is 3.95. The summed E-state index contributed by atoms with van der Waals surface area (Å²) >= 11 is 15.4. The second kappa shape index (κ2) is 8.07. The van der Waals surface area contributed by atoms with Crippen LogP contribution in [-0.2, 0) is 17.9 Å². The molecule has 0 aliphatic rings. The van der Waals surface area contributed by atoms with E-state index in [0.29, 0.717) is 26.9 Å². The standard InChI is InChI=1S/C15H11BrCl2N6O3/c16-12-7-23(5-9-1-2-10(17)3-13(9)18)21-15(12)20-14(25)8-22-6-11(4-19-22)24(26)27/h1-4,6-7H,5,8H2,(H,20,21,25). The number of nitrogens with one attached hydrogen (secondary N) is 1. The number of carbonyl (C=O) groups excluding carboxylic acids is 1. The summed E-state index contributed by atoms with van der Waals surface area (Å²) in [4.78, 5) is 22.2. The molecule has 2 aromatic heterocycles. The number of amides is 1. The molecule has 0 unspecified atom stereocenters. The number of aromatic nitrogens is 4. The van der Waals surface area contributed by atoms with Gasteiger partial charge in [0.1, 0.15) is 18.9 Å². The minimum absolute atomic E-state index is 0.184. The van der Waals surface area contributed by atoms with Crippen molar-refractivity contribution < 1.29 is 9.72 Å². The molecule has 1 N–H and O–H groups in total. The number of benzene rings is 1. The number of hydrogen-bond acceptors (Lipinski definition) is 5. The third-order valence-corrected chi connectivity index (χ3v) is 4.63. The smallest absolute Gasteiger partial charge is 0.307 e. The quantitative estimate of drug-likeness (QED) is 0.433. The van der Waals surface area contributed by atoms with Crippen molar-refractivity contribution in [3.05, 3.63) is 67.0 Å². The maximum Gasteiger partial charge on any atom is 0.307 e. The lowest BCUT2D eigenvalue weighted by Crippen LogP contribution is -2.19. The first-order valence-corrected chi connectivity index (χ1v) is 9.00. The van der Waals surface area contributed by atoms with E-state index < -0.39 is 10.8 Å². The molecule has 1 aromatic carbocycles. The fourth-order valence-electron chi connectivity index (χ4n) is 2.24. The second-order valence-corrected chi connectivity index (χ2v) is 7.16. The van der Waals surface area contributed by atoms with Crippen LogP contribution in [0.2, 0.25) is 10.0 Å². The van der Waals surface area contributed by atoms with Crippen LogP contribution in [0.1, 0.15) is 5.56 Å². The lowest BCUT2D eigenvalue weighted by Gasteiger charge is -2.05. The molecule has 0 fully saturated rings. The van der Waals surface area contributed by atoms with Gasteiger partial charge in [0.15, 0.2) is 5.82 Å². The topological polar surface area (TPSA) is 108 Å². The molecule has 3 aromatic rings. The summed E-state index contributed by atoms with van der Waals surface area (Å²) < 4.78 is 3.35. The van der Waals surface area contributed by atoms with Crippen molar-refractivity contribution in [2.24, 2.45) is 0 Å². The van der Waals surface area contributed by atoms with Crippen LogP contribution in [0.25, 0.3) is 0 Å². The molecule has 140 valence electrons. The van der Waals surface area contributed by atoms with Crippen molar-refractivity contribution in [1.29, 1.82) is 0 Å². The van der Waals surface area contributed by atoms with E-state index in [0.717, 1.165) is 11.8 Å². The highest BCUT2D eigenvalue weighted by Crippen LogP contribution is 2.24. The number of nitrogens with zero attached hydrogens (tertiary/aromatic N) is 5. The molecule has 0 atom stereocenters. The summed E-state index contributed by atoms with van der Waals surface area (Å²) in [7, 11) is 0. The fourth-order valence-corrected chi connectivity index (χ4v) is 3.12. The Morgan fingerprint density at radius 3 is 2.74 bits per heavy atom. The van der Waals surface area contributed by atoms with Crippen LogP contribution in [0.3, 0.4) is 0 Å². The van der Waals surface area contributed by atoms with Crippen molar-refractivity contribution in [2.75, 3.05) is 5.32 Å². The molecule has 0 radical (unpaired) electrons. The van der Waals surface area contributed by atoms with Crippen LogP contribution >= 0.6 is 39.1 Å². The van der Waals surface area contributed by atoms with Gasteiger partial charge in [0, 0.05) is 16.2 Å². The molecular weight excluding hydrogens is 463 g/mol. The van der Waals surface area contributed by atoms with Crippen LogP contribution in [-0.4, -0.2) is 30.4 Å². The van der Waals surface area contributed by atoms with E-state index >= 15 is 0 Å². The van der Waals surface area contributed by atoms with Gasteiger partial charge in [-0.25, -0.2) is 0 Å². The van der Waals surface area contributed by atoms with Gasteiger partial charge in [0.2, 0.25) is 5.91 Å². The van der Waals surface area contributed by atoms with Crippen LogP contribution < -0.4 is 5.32 Å².